The van der Waals surface area contributed by atoms with Gasteiger partial charge in [0.05, 0.1) is 5.69 Å². The van der Waals surface area contributed by atoms with E-state index in [9.17, 15) is 0 Å². The van der Waals surface area contributed by atoms with E-state index in [1.54, 1.807) is 12.3 Å². The number of hydrogen-bond donors (Lipinski definition) is 0. The zero-order valence-corrected chi connectivity index (χ0v) is 6.67. The van der Waals surface area contributed by atoms with Gasteiger partial charge in [0.1, 0.15) is 0 Å². The molecule has 1 aromatic rings. The largest absolute Gasteiger partial charge is 0.257 e. The number of nitrogens with zero attached hydrogens (tertiary/aromatic N) is 1. The zero-order valence-electron chi connectivity index (χ0n) is 6.67. The lowest BCUT2D eigenvalue weighted by molar-refractivity contribution is 1.28. The summed E-state index contributed by atoms with van der Waals surface area (Å²) in [5.41, 5.74) is 3.07. The van der Waals surface area contributed by atoms with Crippen molar-refractivity contribution in [3.63, 3.8) is 0 Å². The first kappa shape index (κ1) is 7.73. The second-order valence-electron chi connectivity index (χ2n) is 2.45. The Morgan fingerprint density at radius 2 is 2.36 bits per heavy atom. The van der Waals surface area contributed by atoms with Gasteiger partial charge >= 0.3 is 0 Å². The van der Waals surface area contributed by atoms with E-state index in [4.69, 9.17) is 0 Å². The molecule has 1 aromatic heterocycles. The van der Waals surface area contributed by atoms with Crippen LogP contribution in [0, 0.1) is 0 Å². The van der Waals surface area contributed by atoms with Crippen molar-refractivity contribution in [1.82, 2.24) is 4.98 Å². The van der Waals surface area contributed by atoms with E-state index < -0.39 is 0 Å². The van der Waals surface area contributed by atoms with E-state index in [0.717, 1.165) is 16.8 Å². The number of hydrogen-bond acceptors (Lipinski definition) is 1. The van der Waals surface area contributed by atoms with Gasteiger partial charge in [-0.15, -0.1) is 0 Å². The smallest absolute Gasteiger partial charge is 0.0629 e. The van der Waals surface area contributed by atoms with E-state index in [0.29, 0.717) is 0 Å². The van der Waals surface area contributed by atoms with Crippen LogP contribution in [0.25, 0.3) is 11.6 Å². The number of rotatable bonds is 2. The highest BCUT2D eigenvalue weighted by atomic mass is 14.6. The standard InChI is InChI=1S/C10H11N/c1-4-10-7-9(8(2)3)5-6-11-10/h4-7H,1-2H2,3H3. The van der Waals surface area contributed by atoms with Gasteiger partial charge in [-0.25, -0.2) is 0 Å². The third-order valence-electron chi connectivity index (χ3n) is 1.48. The summed E-state index contributed by atoms with van der Waals surface area (Å²) in [6, 6.07) is 3.91. The van der Waals surface area contributed by atoms with E-state index >= 15 is 0 Å². The predicted octanol–water partition coefficient (Wildman–Crippen LogP) is 2.76. The molecule has 0 unspecified atom stereocenters. The molecule has 56 valence electrons. The molecule has 0 saturated heterocycles. The summed E-state index contributed by atoms with van der Waals surface area (Å²) in [5.74, 6) is 0. The molecule has 0 aliphatic rings. The Kier molecular flexibility index (Phi) is 2.21. The van der Waals surface area contributed by atoms with Crippen molar-refractivity contribution < 1.29 is 0 Å². The quantitative estimate of drug-likeness (QED) is 0.623. The Morgan fingerprint density at radius 1 is 1.64 bits per heavy atom. The molecule has 0 fully saturated rings. The van der Waals surface area contributed by atoms with Gasteiger partial charge in [0.2, 0.25) is 0 Å². The maximum absolute atomic E-state index is 4.08. The van der Waals surface area contributed by atoms with Gasteiger partial charge in [-0.1, -0.05) is 18.7 Å². The average Bonchev–Trinajstić information content (AvgIpc) is 2.05. The lowest BCUT2D eigenvalue weighted by atomic mass is 10.1. The van der Waals surface area contributed by atoms with Crippen LogP contribution in [0.2, 0.25) is 0 Å². The highest BCUT2D eigenvalue weighted by Gasteiger charge is 1.92. The van der Waals surface area contributed by atoms with E-state index in [-0.39, 0.29) is 0 Å². The van der Waals surface area contributed by atoms with Crippen LogP contribution < -0.4 is 0 Å². The highest BCUT2D eigenvalue weighted by Crippen LogP contribution is 2.11. The van der Waals surface area contributed by atoms with Crippen molar-refractivity contribution in [1.29, 1.82) is 0 Å². The van der Waals surface area contributed by atoms with Crippen molar-refractivity contribution in [2.75, 3.05) is 0 Å². The predicted molar refractivity (Wildman–Crippen MR) is 49.0 cm³/mol. The molecule has 0 spiro atoms. The second-order valence-corrected chi connectivity index (χ2v) is 2.45. The molecular formula is C10H11N. The lowest BCUT2D eigenvalue weighted by Gasteiger charge is -1.98. The Labute approximate surface area is 67.1 Å². The van der Waals surface area contributed by atoms with Gasteiger partial charge in [0.15, 0.2) is 0 Å². The summed E-state index contributed by atoms with van der Waals surface area (Å²) in [5, 5.41) is 0. The molecule has 1 heteroatoms. The Balaban J connectivity index is 3.10. The molecule has 0 aliphatic heterocycles. The molecule has 0 amide bonds. The van der Waals surface area contributed by atoms with Crippen LogP contribution in [0.3, 0.4) is 0 Å². The first-order valence-corrected chi connectivity index (χ1v) is 3.48. The Bertz CT molecular complexity index is 287. The lowest BCUT2D eigenvalue weighted by Crippen LogP contribution is -1.83. The number of aromatic nitrogens is 1. The third kappa shape index (κ3) is 1.77. The summed E-state index contributed by atoms with van der Waals surface area (Å²) < 4.78 is 0. The summed E-state index contributed by atoms with van der Waals surface area (Å²) in [6.07, 6.45) is 3.49. The van der Waals surface area contributed by atoms with Crippen molar-refractivity contribution >= 4 is 11.6 Å². The minimum absolute atomic E-state index is 0.894. The van der Waals surface area contributed by atoms with E-state index in [1.165, 1.54) is 0 Å². The van der Waals surface area contributed by atoms with E-state index in [2.05, 4.69) is 18.1 Å². The van der Waals surface area contributed by atoms with Crippen LogP contribution in [0.5, 0.6) is 0 Å². The fourth-order valence-corrected chi connectivity index (χ4v) is 0.825. The second kappa shape index (κ2) is 3.15. The summed E-state index contributed by atoms with van der Waals surface area (Å²) in [7, 11) is 0. The number of pyridine rings is 1. The van der Waals surface area contributed by atoms with Crippen molar-refractivity contribution in [3.8, 4) is 0 Å². The maximum Gasteiger partial charge on any atom is 0.0629 e. The Hall–Kier alpha value is -1.37. The topological polar surface area (TPSA) is 12.9 Å². The fourth-order valence-electron chi connectivity index (χ4n) is 0.825. The van der Waals surface area contributed by atoms with Crippen molar-refractivity contribution in [2.24, 2.45) is 0 Å². The van der Waals surface area contributed by atoms with Gasteiger partial charge in [0.25, 0.3) is 0 Å². The summed E-state index contributed by atoms with van der Waals surface area (Å²) in [4.78, 5) is 4.08. The third-order valence-corrected chi connectivity index (χ3v) is 1.48. The van der Waals surface area contributed by atoms with Gasteiger partial charge in [-0.05, 0) is 30.7 Å². The van der Waals surface area contributed by atoms with Crippen LogP contribution in [0.15, 0.2) is 31.5 Å². The van der Waals surface area contributed by atoms with Gasteiger partial charge in [-0.2, -0.15) is 0 Å². The normalized spacial score (nSPS) is 9.18. The fraction of sp³-hybridized carbons (Fsp3) is 0.100. The van der Waals surface area contributed by atoms with Crippen LogP contribution in [0.1, 0.15) is 18.2 Å². The maximum atomic E-state index is 4.08. The summed E-state index contributed by atoms with van der Waals surface area (Å²) >= 11 is 0. The molecule has 0 N–H and O–H groups in total. The molecule has 0 aliphatic carbocycles. The Morgan fingerprint density at radius 3 is 2.91 bits per heavy atom. The first-order valence-electron chi connectivity index (χ1n) is 3.48. The molecule has 1 rings (SSSR count). The number of allylic oxidation sites excluding steroid dienone is 1. The highest BCUT2D eigenvalue weighted by molar-refractivity contribution is 5.63. The first-order chi connectivity index (χ1) is 5.24. The minimum atomic E-state index is 0.894. The minimum Gasteiger partial charge on any atom is -0.257 e. The molecule has 0 saturated carbocycles. The molecule has 11 heavy (non-hydrogen) atoms. The molecule has 1 heterocycles. The van der Waals surface area contributed by atoms with Gasteiger partial charge < -0.3 is 0 Å². The van der Waals surface area contributed by atoms with Crippen molar-refractivity contribution in [3.05, 3.63) is 42.7 Å². The van der Waals surface area contributed by atoms with Gasteiger partial charge in [0, 0.05) is 6.20 Å². The molecular weight excluding hydrogens is 134 g/mol. The molecule has 0 atom stereocenters. The molecule has 0 bridgehead atoms. The molecule has 0 aromatic carbocycles. The molecule has 0 radical (unpaired) electrons. The van der Waals surface area contributed by atoms with Crippen LogP contribution in [0.4, 0.5) is 0 Å². The van der Waals surface area contributed by atoms with Crippen LogP contribution in [-0.2, 0) is 0 Å². The zero-order chi connectivity index (χ0) is 8.27. The van der Waals surface area contributed by atoms with Crippen LogP contribution >= 0.6 is 0 Å². The van der Waals surface area contributed by atoms with Gasteiger partial charge in [-0.3, -0.25) is 4.98 Å². The van der Waals surface area contributed by atoms with E-state index in [1.807, 2.05) is 19.1 Å². The monoisotopic (exact) mass is 145 g/mol. The van der Waals surface area contributed by atoms with Crippen molar-refractivity contribution in [2.45, 2.75) is 6.92 Å². The molecule has 1 nitrogen and oxygen atoms in total. The SMILES string of the molecule is C=Cc1cc(C(=C)C)ccn1. The average molecular weight is 145 g/mol. The summed E-state index contributed by atoms with van der Waals surface area (Å²) in [6.45, 7) is 9.45. The van der Waals surface area contributed by atoms with Crippen LogP contribution in [-0.4, -0.2) is 4.98 Å².